The van der Waals surface area contributed by atoms with Gasteiger partial charge in [0.1, 0.15) is 6.54 Å². The van der Waals surface area contributed by atoms with E-state index in [2.05, 4.69) is 0 Å². The lowest BCUT2D eigenvalue weighted by atomic mass is 10.0. The van der Waals surface area contributed by atoms with Gasteiger partial charge in [0.25, 0.3) is 15.7 Å². The van der Waals surface area contributed by atoms with Crippen molar-refractivity contribution in [1.82, 2.24) is 0 Å². The van der Waals surface area contributed by atoms with E-state index in [4.69, 9.17) is 5.11 Å². The van der Waals surface area contributed by atoms with Crippen LogP contribution < -0.4 is 4.31 Å². The van der Waals surface area contributed by atoms with Crippen molar-refractivity contribution < 1.29 is 23.2 Å². The Kier molecular flexibility index (Phi) is 5.61. The average molecular weight is 378 g/mol. The van der Waals surface area contributed by atoms with Gasteiger partial charge in [-0.05, 0) is 35.7 Å². The Labute approximate surface area is 150 Å². The number of non-ortho nitro benzene ring substituents is 1. The van der Waals surface area contributed by atoms with E-state index in [0.717, 1.165) is 34.1 Å². The van der Waals surface area contributed by atoms with Gasteiger partial charge in [-0.25, -0.2) is 8.42 Å². The molecule has 2 aromatic rings. The van der Waals surface area contributed by atoms with Crippen molar-refractivity contribution in [2.45, 2.75) is 24.7 Å². The zero-order valence-electron chi connectivity index (χ0n) is 14.2. The van der Waals surface area contributed by atoms with Gasteiger partial charge in [-0.3, -0.25) is 19.2 Å². The fraction of sp³-hybridized carbons (Fsp3) is 0.235. The summed E-state index contributed by atoms with van der Waals surface area (Å²) in [5, 5.41) is 19.8. The SMILES string of the molecule is CC(C)c1ccc(N(CC(=O)O)S(=O)(=O)c2ccc([N+](=O)[O-])cc2)cc1. The van der Waals surface area contributed by atoms with Crippen molar-refractivity contribution in [1.29, 1.82) is 0 Å². The van der Waals surface area contributed by atoms with E-state index in [1.807, 2.05) is 13.8 Å². The number of carboxylic acids is 1. The van der Waals surface area contributed by atoms with Gasteiger partial charge in [-0.1, -0.05) is 26.0 Å². The molecule has 0 aliphatic rings. The smallest absolute Gasteiger partial charge is 0.324 e. The summed E-state index contributed by atoms with van der Waals surface area (Å²) in [7, 11) is -4.19. The van der Waals surface area contributed by atoms with E-state index in [0.29, 0.717) is 0 Å². The first-order valence-electron chi connectivity index (χ1n) is 7.72. The molecular formula is C17H18N2O6S. The molecule has 0 unspecified atom stereocenters. The number of carbonyl (C=O) groups is 1. The van der Waals surface area contributed by atoms with Crippen molar-refractivity contribution in [3.8, 4) is 0 Å². The summed E-state index contributed by atoms with van der Waals surface area (Å²) in [6, 6.07) is 10.9. The normalized spacial score (nSPS) is 11.3. The lowest BCUT2D eigenvalue weighted by Crippen LogP contribution is -2.35. The monoisotopic (exact) mass is 378 g/mol. The summed E-state index contributed by atoms with van der Waals surface area (Å²) in [6.07, 6.45) is 0. The average Bonchev–Trinajstić information content (AvgIpc) is 2.59. The topological polar surface area (TPSA) is 118 Å². The van der Waals surface area contributed by atoms with Crippen LogP contribution >= 0.6 is 0 Å². The highest BCUT2D eigenvalue weighted by Gasteiger charge is 2.27. The largest absolute Gasteiger partial charge is 0.480 e. The zero-order valence-corrected chi connectivity index (χ0v) is 15.0. The molecule has 0 aliphatic heterocycles. The molecule has 0 amide bonds. The predicted molar refractivity (Wildman–Crippen MR) is 95.8 cm³/mol. The molecule has 2 rings (SSSR count). The molecule has 0 bridgehead atoms. The fourth-order valence-electron chi connectivity index (χ4n) is 2.33. The van der Waals surface area contributed by atoms with E-state index in [1.165, 1.54) is 0 Å². The summed E-state index contributed by atoms with van der Waals surface area (Å²) in [5.74, 6) is -1.08. The van der Waals surface area contributed by atoms with Gasteiger partial charge < -0.3 is 5.11 Å². The van der Waals surface area contributed by atoms with Crippen LogP contribution in [0.4, 0.5) is 11.4 Å². The lowest BCUT2D eigenvalue weighted by Gasteiger charge is -2.23. The Morgan fingerprint density at radius 2 is 1.65 bits per heavy atom. The van der Waals surface area contributed by atoms with Crippen LogP contribution in [0.25, 0.3) is 0 Å². The van der Waals surface area contributed by atoms with Gasteiger partial charge in [0.15, 0.2) is 0 Å². The van der Waals surface area contributed by atoms with Gasteiger partial charge in [0, 0.05) is 12.1 Å². The Bertz CT molecular complexity index is 905. The number of nitrogens with zero attached hydrogens (tertiary/aromatic N) is 2. The third kappa shape index (κ3) is 4.17. The third-order valence-corrected chi connectivity index (χ3v) is 5.55. The Balaban J connectivity index is 2.47. The molecule has 0 atom stereocenters. The first-order valence-corrected chi connectivity index (χ1v) is 9.16. The van der Waals surface area contributed by atoms with Crippen molar-refractivity contribution in [3.63, 3.8) is 0 Å². The molecule has 26 heavy (non-hydrogen) atoms. The Morgan fingerprint density at radius 3 is 2.08 bits per heavy atom. The van der Waals surface area contributed by atoms with E-state index in [-0.39, 0.29) is 22.2 Å². The third-order valence-electron chi connectivity index (χ3n) is 3.76. The summed E-state index contributed by atoms with van der Waals surface area (Å²) in [4.78, 5) is 21.0. The molecule has 0 aliphatic carbocycles. The van der Waals surface area contributed by atoms with E-state index < -0.39 is 27.5 Å². The molecule has 8 nitrogen and oxygen atoms in total. The molecule has 9 heteroatoms. The minimum atomic E-state index is -4.19. The van der Waals surface area contributed by atoms with Gasteiger partial charge >= 0.3 is 5.97 Å². The summed E-state index contributed by atoms with van der Waals surface area (Å²) < 4.78 is 26.5. The van der Waals surface area contributed by atoms with E-state index >= 15 is 0 Å². The molecule has 0 heterocycles. The quantitative estimate of drug-likeness (QED) is 0.584. The first-order chi connectivity index (χ1) is 12.1. The maximum Gasteiger partial charge on any atom is 0.324 e. The number of sulfonamides is 1. The minimum Gasteiger partial charge on any atom is -0.480 e. The van der Waals surface area contributed by atoms with Crippen molar-refractivity contribution >= 4 is 27.4 Å². The number of hydrogen-bond donors (Lipinski definition) is 1. The first kappa shape index (κ1) is 19.4. The number of aliphatic carboxylic acids is 1. The molecular weight excluding hydrogens is 360 g/mol. The van der Waals surface area contributed by atoms with E-state index in [1.54, 1.807) is 24.3 Å². The Morgan fingerprint density at radius 1 is 1.12 bits per heavy atom. The van der Waals surface area contributed by atoms with E-state index in [9.17, 15) is 23.3 Å². The van der Waals surface area contributed by atoms with Crippen LogP contribution in [0.2, 0.25) is 0 Å². The van der Waals surface area contributed by atoms with Crippen molar-refractivity contribution in [2.75, 3.05) is 10.8 Å². The van der Waals surface area contributed by atoms with Gasteiger partial charge in [-0.2, -0.15) is 0 Å². The van der Waals surface area contributed by atoms with Crippen LogP contribution in [0.15, 0.2) is 53.4 Å². The van der Waals surface area contributed by atoms with Crippen LogP contribution in [0.3, 0.4) is 0 Å². The predicted octanol–water partition coefficient (Wildman–Crippen LogP) is 3.00. The number of carboxylic acid groups (broad SMARTS) is 1. The van der Waals surface area contributed by atoms with Gasteiger partial charge in [0.2, 0.25) is 0 Å². The van der Waals surface area contributed by atoms with Crippen LogP contribution in [0, 0.1) is 10.1 Å². The molecule has 0 saturated carbocycles. The maximum absolute atomic E-state index is 12.9. The maximum atomic E-state index is 12.9. The highest BCUT2D eigenvalue weighted by Crippen LogP contribution is 2.26. The van der Waals surface area contributed by atoms with Gasteiger partial charge in [0.05, 0.1) is 15.5 Å². The molecule has 0 spiro atoms. The van der Waals surface area contributed by atoms with Crippen LogP contribution in [-0.2, 0) is 14.8 Å². The second kappa shape index (κ2) is 7.52. The van der Waals surface area contributed by atoms with Crippen LogP contribution in [0.5, 0.6) is 0 Å². The molecule has 0 aromatic heterocycles. The molecule has 0 fully saturated rings. The van der Waals surface area contributed by atoms with Crippen molar-refractivity contribution in [2.24, 2.45) is 0 Å². The molecule has 0 saturated heterocycles. The van der Waals surface area contributed by atoms with Gasteiger partial charge in [-0.15, -0.1) is 0 Å². The highest BCUT2D eigenvalue weighted by molar-refractivity contribution is 7.92. The molecule has 1 N–H and O–H groups in total. The second-order valence-corrected chi connectivity index (χ2v) is 7.76. The van der Waals surface area contributed by atoms with Crippen LogP contribution in [0.1, 0.15) is 25.3 Å². The highest BCUT2D eigenvalue weighted by atomic mass is 32.2. The Hall–Kier alpha value is -2.94. The number of benzene rings is 2. The zero-order chi connectivity index (χ0) is 19.5. The summed E-state index contributed by atoms with van der Waals surface area (Å²) >= 11 is 0. The molecule has 0 radical (unpaired) electrons. The fourth-order valence-corrected chi connectivity index (χ4v) is 3.74. The van der Waals surface area contributed by atoms with Crippen molar-refractivity contribution in [3.05, 3.63) is 64.2 Å². The van der Waals surface area contributed by atoms with Crippen LogP contribution in [-0.4, -0.2) is 31.0 Å². The molecule has 2 aromatic carbocycles. The number of nitro benzene ring substituents is 1. The number of anilines is 1. The summed E-state index contributed by atoms with van der Waals surface area (Å²) in [6.45, 7) is 3.20. The molecule has 138 valence electrons. The number of rotatable bonds is 7. The number of hydrogen-bond acceptors (Lipinski definition) is 5. The minimum absolute atomic E-state index is 0.204. The summed E-state index contributed by atoms with van der Waals surface area (Å²) in [5.41, 5.74) is 0.932. The number of nitro groups is 1. The standard InChI is InChI=1S/C17H18N2O6S/c1-12(2)13-3-5-14(6-4-13)18(11-17(20)21)26(24,25)16-9-7-15(8-10-16)19(22)23/h3-10,12H,11H2,1-2H3,(H,20,21). The lowest BCUT2D eigenvalue weighted by molar-refractivity contribution is -0.384. The second-order valence-electron chi connectivity index (χ2n) is 5.90.